The first-order chi connectivity index (χ1) is 18.7. The molecule has 7 nitrogen and oxygen atoms in total. The standard InChI is InChI=1S/C29H26F3N5O2/c1-4-37-25(11-13-34-37)21-15-19(3)35-27-20(21)7-5-9-26(27)39-17-22-18(2)10-12-33-24(22)16-36-14-6-8-23(28(36)38)29(30,31)32/h5-15H,4,16-17H2,1-3H3. The summed E-state index contributed by atoms with van der Waals surface area (Å²) in [5.74, 6) is 0.561. The van der Waals surface area contributed by atoms with Gasteiger partial charge in [0, 0.05) is 47.3 Å². The Morgan fingerprint density at radius 1 is 1.03 bits per heavy atom. The lowest BCUT2D eigenvalue weighted by Gasteiger charge is -2.16. The molecule has 39 heavy (non-hydrogen) atoms. The summed E-state index contributed by atoms with van der Waals surface area (Å²) in [6.45, 7) is 6.51. The first-order valence-corrected chi connectivity index (χ1v) is 12.4. The molecule has 200 valence electrons. The van der Waals surface area contributed by atoms with Crippen molar-refractivity contribution in [3.8, 4) is 17.0 Å². The molecule has 0 amide bonds. The molecule has 4 aromatic heterocycles. The molecule has 5 aromatic rings. The highest BCUT2D eigenvalue weighted by Crippen LogP contribution is 2.34. The fraction of sp³-hybridized carbons (Fsp3) is 0.241. The molecule has 0 spiro atoms. The van der Waals surface area contributed by atoms with Crippen molar-refractivity contribution in [1.29, 1.82) is 0 Å². The van der Waals surface area contributed by atoms with E-state index in [9.17, 15) is 18.0 Å². The van der Waals surface area contributed by atoms with Gasteiger partial charge in [0.1, 0.15) is 23.4 Å². The summed E-state index contributed by atoms with van der Waals surface area (Å²) in [5, 5.41) is 5.31. The van der Waals surface area contributed by atoms with Gasteiger partial charge < -0.3 is 9.30 Å². The number of benzene rings is 1. The SMILES string of the molecule is CCn1nccc1-c1cc(C)nc2c(OCc3c(C)ccnc3Cn3cccc(C(F)(F)F)c3=O)cccc12. The van der Waals surface area contributed by atoms with Gasteiger partial charge >= 0.3 is 6.18 Å². The van der Waals surface area contributed by atoms with Gasteiger partial charge in [-0.15, -0.1) is 0 Å². The highest BCUT2D eigenvalue weighted by atomic mass is 19.4. The summed E-state index contributed by atoms with van der Waals surface area (Å²) in [5.41, 5.74) is 3.13. The molecule has 0 aliphatic carbocycles. The van der Waals surface area contributed by atoms with Crippen LogP contribution >= 0.6 is 0 Å². The van der Waals surface area contributed by atoms with Crippen molar-refractivity contribution < 1.29 is 17.9 Å². The summed E-state index contributed by atoms with van der Waals surface area (Å²) in [4.78, 5) is 21.6. The minimum Gasteiger partial charge on any atom is -0.487 e. The van der Waals surface area contributed by atoms with Crippen LogP contribution in [0.15, 0.2) is 71.9 Å². The molecule has 10 heteroatoms. The molecule has 0 bridgehead atoms. The zero-order chi connectivity index (χ0) is 27.7. The van der Waals surface area contributed by atoms with E-state index in [1.807, 2.05) is 55.8 Å². The number of pyridine rings is 3. The van der Waals surface area contributed by atoms with Crippen molar-refractivity contribution in [2.45, 2.75) is 46.6 Å². The molecule has 5 rings (SSSR count). The predicted molar refractivity (Wildman–Crippen MR) is 141 cm³/mol. The second kappa shape index (κ2) is 10.4. The van der Waals surface area contributed by atoms with Gasteiger partial charge in [0.25, 0.3) is 5.56 Å². The Kier molecular flexibility index (Phi) is 6.94. The third-order valence-electron chi connectivity index (χ3n) is 6.62. The van der Waals surface area contributed by atoms with Crippen molar-refractivity contribution >= 4 is 10.9 Å². The van der Waals surface area contributed by atoms with Gasteiger partial charge in [-0.2, -0.15) is 18.3 Å². The van der Waals surface area contributed by atoms with E-state index in [0.29, 0.717) is 22.5 Å². The van der Waals surface area contributed by atoms with E-state index in [4.69, 9.17) is 9.72 Å². The highest BCUT2D eigenvalue weighted by Gasteiger charge is 2.34. The fourth-order valence-electron chi connectivity index (χ4n) is 4.66. The maximum Gasteiger partial charge on any atom is 0.421 e. The van der Waals surface area contributed by atoms with Crippen molar-refractivity contribution in [2.75, 3.05) is 0 Å². The number of ether oxygens (including phenoxy) is 1. The van der Waals surface area contributed by atoms with E-state index in [2.05, 4.69) is 10.1 Å². The molecule has 0 N–H and O–H groups in total. The number of aromatic nitrogens is 5. The third kappa shape index (κ3) is 5.14. The van der Waals surface area contributed by atoms with Crippen LogP contribution < -0.4 is 10.3 Å². The Labute approximate surface area is 222 Å². The summed E-state index contributed by atoms with van der Waals surface area (Å²) < 4.78 is 49.0. The first-order valence-electron chi connectivity index (χ1n) is 12.4. The Morgan fingerprint density at radius 2 is 1.85 bits per heavy atom. The normalized spacial score (nSPS) is 11.7. The Hall–Kier alpha value is -4.47. The van der Waals surface area contributed by atoms with E-state index in [-0.39, 0.29) is 13.2 Å². The molecule has 0 aliphatic heterocycles. The van der Waals surface area contributed by atoms with Gasteiger partial charge in [0.15, 0.2) is 0 Å². The molecule has 0 saturated heterocycles. The van der Waals surface area contributed by atoms with Crippen molar-refractivity contribution in [3.63, 3.8) is 0 Å². The largest absolute Gasteiger partial charge is 0.487 e. The van der Waals surface area contributed by atoms with Crippen LogP contribution in [0.4, 0.5) is 13.2 Å². The van der Waals surface area contributed by atoms with Crippen LogP contribution in [0.3, 0.4) is 0 Å². The van der Waals surface area contributed by atoms with Crippen LogP contribution in [-0.2, 0) is 25.9 Å². The molecule has 0 unspecified atom stereocenters. The zero-order valence-electron chi connectivity index (χ0n) is 21.7. The molecule has 1 aromatic carbocycles. The molecule has 0 aliphatic rings. The Morgan fingerprint density at radius 3 is 2.62 bits per heavy atom. The van der Waals surface area contributed by atoms with E-state index in [1.165, 1.54) is 12.3 Å². The second-order valence-corrected chi connectivity index (χ2v) is 9.19. The molecule has 0 fully saturated rings. The number of fused-ring (bicyclic) bond motifs is 1. The lowest BCUT2D eigenvalue weighted by Crippen LogP contribution is -2.29. The summed E-state index contributed by atoms with van der Waals surface area (Å²) >= 11 is 0. The number of hydrogen-bond acceptors (Lipinski definition) is 5. The van der Waals surface area contributed by atoms with E-state index < -0.39 is 17.3 Å². The lowest BCUT2D eigenvalue weighted by molar-refractivity contribution is -0.138. The minimum atomic E-state index is -4.74. The predicted octanol–water partition coefficient (Wildman–Crippen LogP) is 5.94. The van der Waals surface area contributed by atoms with Gasteiger partial charge in [0.05, 0.1) is 17.9 Å². The van der Waals surface area contributed by atoms with E-state index in [0.717, 1.165) is 45.1 Å². The third-order valence-corrected chi connectivity index (χ3v) is 6.62. The van der Waals surface area contributed by atoms with Gasteiger partial charge in [-0.05, 0) is 62.7 Å². The Bertz CT molecular complexity index is 1720. The van der Waals surface area contributed by atoms with Crippen molar-refractivity contribution in [2.24, 2.45) is 0 Å². The summed E-state index contributed by atoms with van der Waals surface area (Å²) in [6, 6.07) is 13.5. The highest BCUT2D eigenvalue weighted by molar-refractivity contribution is 5.97. The number of rotatable bonds is 7. The molecule has 4 heterocycles. The van der Waals surface area contributed by atoms with Crippen molar-refractivity contribution in [3.05, 3.63) is 106 Å². The van der Waals surface area contributed by atoms with Gasteiger partial charge in [0.2, 0.25) is 0 Å². The zero-order valence-corrected chi connectivity index (χ0v) is 21.7. The number of para-hydroxylation sites is 1. The second-order valence-electron chi connectivity index (χ2n) is 9.19. The molecular weight excluding hydrogens is 507 g/mol. The van der Waals surface area contributed by atoms with Crippen LogP contribution in [0.2, 0.25) is 0 Å². The number of aryl methyl sites for hydroxylation is 3. The number of hydrogen-bond donors (Lipinski definition) is 0. The van der Waals surface area contributed by atoms with Crippen LogP contribution in [-0.4, -0.2) is 24.3 Å². The number of nitrogens with zero attached hydrogens (tertiary/aromatic N) is 5. The quantitative estimate of drug-likeness (QED) is 0.259. The smallest absolute Gasteiger partial charge is 0.421 e. The number of alkyl halides is 3. The van der Waals surface area contributed by atoms with Gasteiger partial charge in [-0.1, -0.05) is 12.1 Å². The molecule has 0 saturated carbocycles. The number of halogens is 3. The topological polar surface area (TPSA) is 74.8 Å². The van der Waals surface area contributed by atoms with Crippen LogP contribution in [0.1, 0.15) is 35.0 Å². The minimum absolute atomic E-state index is 0.0969. The molecular formula is C29H26F3N5O2. The van der Waals surface area contributed by atoms with Crippen LogP contribution in [0.25, 0.3) is 22.2 Å². The molecule has 0 atom stereocenters. The Balaban J connectivity index is 1.50. The lowest BCUT2D eigenvalue weighted by atomic mass is 10.0. The van der Waals surface area contributed by atoms with E-state index in [1.54, 1.807) is 18.5 Å². The average molecular weight is 534 g/mol. The first kappa shape index (κ1) is 26.1. The van der Waals surface area contributed by atoms with Crippen LogP contribution in [0.5, 0.6) is 5.75 Å². The summed E-state index contributed by atoms with van der Waals surface area (Å²) in [6.07, 6.45) is -0.0760. The van der Waals surface area contributed by atoms with Crippen LogP contribution in [0, 0.1) is 13.8 Å². The summed E-state index contributed by atoms with van der Waals surface area (Å²) in [7, 11) is 0. The fourth-order valence-corrected chi connectivity index (χ4v) is 4.66. The van der Waals surface area contributed by atoms with Crippen molar-refractivity contribution in [1.82, 2.24) is 24.3 Å². The van der Waals surface area contributed by atoms with Gasteiger partial charge in [-0.3, -0.25) is 14.5 Å². The van der Waals surface area contributed by atoms with E-state index >= 15 is 0 Å². The monoisotopic (exact) mass is 533 g/mol. The maximum atomic E-state index is 13.3. The average Bonchev–Trinajstić information content (AvgIpc) is 3.37. The van der Waals surface area contributed by atoms with Gasteiger partial charge in [-0.25, -0.2) is 4.98 Å². The molecule has 0 radical (unpaired) electrons. The maximum absolute atomic E-state index is 13.3.